The Morgan fingerprint density at radius 1 is 1.29 bits per heavy atom. The van der Waals surface area contributed by atoms with Crippen molar-refractivity contribution in [3.8, 4) is 5.75 Å². The van der Waals surface area contributed by atoms with Gasteiger partial charge in [-0.2, -0.15) is 0 Å². The molecule has 21 heavy (non-hydrogen) atoms. The molecule has 0 aliphatic heterocycles. The van der Waals surface area contributed by atoms with E-state index in [1.165, 1.54) is 12.3 Å². The van der Waals surface area contributed by atoms with Crippen molar-refractivity contribution in [1.82, 2.24) is 4.98 Å². The Balaban J connectivity index is 2.41. The minimum absolute atomic E-state index is 0.0267. The first-order valence-corrected chi connectivity index (χ1v) is 7.27. The van der Waals surface area contributed by atoms with Crippen LogP contribution in [0.5, 0.6) is 5.75 Å². The number of nitro benzene ring substituents is 1. The molecule has 0 fully saturated rings. The molecule has 0 saturated heterocycles. The van der Waals surface area contributed by atoms with Crippen molar-refractivity contribution in [3.05, 3.63) is 51.8 Å². The highest BCUT2D eigenvalue weighted by molar-refractivity contribution is 7.92. The zero-order chi connectivity index (χ0) is 15.6. The van der Waals surface area contributed by atoms with E-state index in [4.69, 9.17) is 11.6 Å². The van der Waals surface area contributed by atoms with Gasteiger partial charge in [0.15, 0.2) is 0 Å². The molecule has 0 aliphatic carbocycles. The molecule has 1 aromatic carbocycles. The zero-order valence-corrected chi connectivity index (χ0v) is 11.8. The Morgan fingerprint density at radius 2 is 2.00 bits per heavy atom. The topological polar surface area (TPSA) is 122 Å². The van der Waals surface area contributed by atoms with Gasteiger partial charge >= 0.3 is 0 Å². The van der Waals surface area contributed by atoms with Crippen molar-refractivity contribution in [1.29, 1.82) is 0 Å². The number of aromatic nitrogens is 1. The summed E-state index contributed by atoms with van der Waals surface area (Å²) in [6.45, 7) is 0. The number of hydrogen-bond donors (Lipinski definition) is 2. The van der Waals surface area contributed by atoms with Crippen molar-refractivity contribution < 1.29 is 18.4 Å². The van der Waals surface area contributed by atoms with Crippen LogP contribution in [0.4, 0.5) is 11.4 Å². The normalized spacial score (nSPS) is 11.1. The predicted octanol–water partition coefficient (Wildman–Crippen LogP) is 2.15. The number of hydrogen-bond acceptors (Lipinski definition) is 6. The second-order valence-corrected chi connectivity index (χ2v) is 5.95. The first-order chi connectivity index (χ1) is 9.79. The maximum Gasteiger partial charge on any atom is 0.271 e. The van der Waals surface area contributed by atoms with Gasteiger partial charge in [-0.1, -0.05) is 11.6 Å². The van der Waals surface area contributed by atoms with Crippen LogP contribution in [0.2, 0.25) is 5.15 Å². The molecular formula is C11H8ClN3O5S. The van der Waals surface area contributed by atoms with E-state index in [9.17, 15) is 23.6 Å². The molecule has 2 rings (SSSR count). The molecule has 0 atom stereocenters. The van der Waals surface area contributed by atoms with E-state index in [-0.39, 0.29) is 21.4 Å². The summed E-state index contributed by atoms with van der Waals surface area (Å²) >= 11 is 5.61. The lowest BCUT2D eigenvalue weighted by molar-refractivity contribution is -0.384. The summed E-state index contributed by atoms with van der Waals surface area (Å²) in [4.78, 5) is 13.4. The maximum atomic E-state index is 12.1. The van der Waals surface area contributed by atoms with Gasteiger partial charge in [-0.15, -0.1) is 0 Å². The molecule has 110 valence electrons. The minimum atomic E-state index is -4.06. The van der Waals surface area contributed by atoms with E-state index in [2.05, 4.69) is 9.71 Å². The fraction of sp³-hybridized carbons (Fsp3) is 0. The number of rotatable bonds is 4. The van der Waals surface area contributed by atoms with Crippen LogP contribution in [0.1, 0.15) is 0 Å². The molecule has 0 bridgehead atoms. The van der Waals surface area contributed by atoms with Crippen LogP contribution in [-0.4, -0.2) is 23.4 Å². The molecule has 1 aromatic heterocycles. The van der Waals surface area contributed by atoms with Gasteiger partial charge in [0.2, 0.25) is 0 Å². The number of non-ortho nitro benzene ring substituents is 1. The Morgan fingerprint density at radius 3 is 2.62 bits per heavy atom. The number of nitrogens with zero attached hydrogens (tertiary/aromatic N) is 2. The van der Waals surface area contributed by atoms with E-state index >= 15 is 0 Å². The van der Waals surface area contributed by atoms with Gasteiger partial charge in [0.1, 0.15) is 10.9 Å². The molecule has 0 saturated carbocycles. The molecule has 1 heterocycles. The summed E-state index contributed by atoms with van der Waals surface area (Å²) in [5, 5.41) is 20.2. The molecule has 0 radical (unpaired) electrons. The summed E-state index contributed by atoms with van der Waals surface area (Å²) < 4.78 is 26.3. The van der Waals surface area contributed by atoms with Gasteiger partial charge in [-0.05, 0) is 18.2 Å². The Labute approximate surface area is 124 Å². The summed E-state index contributed by atoms with van der Waals surface area (Å²) in [6, 6.07) is 5.29. The number of halogens is 1. The van der Waals surface area contributed by atoms with Crippen LogP contribution >= 0.6 is 11.6 Å². The van der Waals surface area contributed by atoms with E-state index < -0.39 is 20.7 Å². The van der Waals surface area contributed by atoms with Crippen LogP contribution < -0.4 is 4.72 Å². The average molecular weight is 330 g/mol. The van der Waals surface area contributed by atoms with Crippen LogP contribution in [0, 0.1) is 10.1 Å². The molecule has 2 N–H and O–H groups in total. The largest absolute Gasteiger partial charge is 0.506 e. The average Bonchev–Trinajstić information content (AvgIpc) is 2.41. The number of anilines is 1. The molecule has 0 aliphatic rings. The SMILES string of the molecule is O=[N+]([O-])c1ccc(O)c(NS(=O)(=O)c2ccnc(Cl)c2)c1. The van der Waals surface area contributed by atoms with Crippen LogP contribution in [-0.2, 0) is 10.0 Å². The van der Waals surface area contributed by atoms with Crippen molar-refractivity contribution in [2.45, 2.75) is 4.90 Å². The van der Waals surface area contributed by atoms with E-state index in [0.29, 0.717) is 0 Å². The first-order valence-electron chi connectivity index (χ1n) is 5.41. The first kappa shape index (κ1) is 15.0. The van der Waals surface area contributed by atoms with Crippen LogP contribution in [0.15, 0.2) is 41.4 Å². The van der Waals surface area contributed by atoms with Crippen LogP contribution in [0.25, 0.3) is 0 Å². The zero-order valence-electron chi connectivity index (χ0n) is 10.2. The van der Waals surface area contributed by atoms with E-state index in [1.54, 1.807) is 0 Å². The monoisotopic (exact) mass is 329 g/mol. The third-order valence-electron chi connectivity index (χ3n) is 2.44. The number of benzene rings is 1. The lowest BCUT2D eigenvalue weighted by Gasteiger charge is -2.09. The number of aromatic hydroxyl groups is 1. The van der Waals surface area contributed by atoms with Crippen molar-refractivity contribution in [2.75, 3.05) is 4.72 Å². The third-order valence-corrected chi connectivity index (χ3v) is 4.01. The lowest BCUT2D eigenvalue weighted by atomic mass is 10.2. The molecule has 0 amide bonds. The number of pyridine rings is 1. The van der Waals surface area contributed by atoms with E-state index in [1.807, 2.05) is 0 Å². The lowest BCUT2D eigenvalue weighted by Crippen LogP contribution is -2.13. The second kappa shape index (κ2) is 5.54. The maximum absolute atomic E-state index is 12.1. The van der Waals surface area contributed by atoms with Gasteiger partial charge in [-0.3, -0.25) is 14.8 Å². The molecule has 8 nitrogen and oxygen atoms in total. The fourth-order valence-electron chi connectivity index (χ4n) is 1.47. The van der Waals surface area contributed by atoms with Crippen molar-refractivity contribution >= 4 is 33.0 Å². The molecule has 10 heteroatoms. The van der Waals surface area contributed by atoms with Gasteiger partial charge < -0.3 is 5.11 Å². The van der Waals surface area contributed by atoms with Crippen molar-refractivity contribution in [2.24, 2.45) is 0 Å². The van der Waals surface area contributed by atoms with E-state index in [0.717, 1.165) is 24.3 Å². The Hall–Kier alpha value is -2.39. The predicted molar refractivity (Wildman–Crippen MR) is 74.8 cm³/mol. The highest BCUT2D eigenvalue weighted by Gasteiger charge is 2.19. The fourth-order valence-corrected chi connectivity index (χ4v) is 2.79. The molecule has 0 spiro atoms. The minimum Gasteiger partial charge on any atom is -0.506 e. The third kappa shape index (κ3) is 3.38. The smallest absolute Gasteiger partial charge is 0.271 e. The summed E-state index contributed by atoms with van der Waals surface area (Å²) in [6.07, 6.45) is 1.20. The number of nitro groups is 1. The van der Waals surface area contributed by atoms with Gasteiger partial charge in [-0.25, -0.2) is 13.4 Å². The quantitative estimate of drug-likeness (QED) is 0.383. The summed E-state index contributed by atoms with van der Waals surface area (Å²) in [5.41, 5.74) is -0.671. The van der Waals surface area contributed by atoms with Gasteiger partial charge in [0.25, 0.3) is 15.7 Å². The van der Waals surface area contributed by atoms with Crippen molar-refractivity contribution in [3.63, 3.8) is 0 Å². The number of phenols is 1. The Kier molecular flexibility index (Phi) is 3.96. The molecule has 2 aromatic rings. The number of nitrogens with one attached hydrogen (secondary N) is 1. The molecular weight excluding hydrogens is 322 g/mol. The highest BCUT2D eigenvalue weighted by atomic mass is 35.5. The Bertz CT molecular complexity index is 809. The number of phenolic OH excluding ortho intramolecular Hbond substituents is 1. The number of sulfonamides is 1. The standard InChI is InChI=1S/C11H8ClN3O5S/c12-11-6-8(3-4-13-11)21(19,20)14-9-5-7(15(17)18)1-2-10(9)16/h1-6,14,16H. The summed E-state index contributed by atoms with van der Waals surface area (Å²) in [7, 11) is -4.06. The van der Waals surface area contributed by atoms with Crippen LogP contribution in [0.3, 0.4) is 0 Å². The van der Waals surface area contributed by atoms with Gasteiger partial charge in [0.05, 0.1) is 15.5 Å². The second-order valence-electron chi connectivity index (χ2n) is 3.88. The van der Waals surface area contributed by atoms with Gasteiger partial charge in [0, 0.05) is 18.3 Å². The summed E-state index contributed by atoms with van der Waals surface area (Å²) in [5.74, 6) is -0.440. The highest BCUT2D eigenvalue weighted by Crippen LogP contribution is 2.30. The molecule has 0 unspecified atom stereocenters.